The molecule has 128 valence electrons. The van der Waals surface area contributed by atoms with Crippen LogP contribution in [0.15, 0.2) is 36.4 Å². The van der Waals surface area contributed by atoms with Crippen LogP contribution in [0.3, 0.4) is 0 Å². The lowest BCUT2D eigenvalue weighted by Crippen LogP contribution is -2.22. The first-order valence-corrected chi connectivity index (χ1v) is 8.98. The number of benzene rings is 1. The van der Waals surface area contributed by atoms with Gasteiger partial charge in [-0.2, -0.15) is 0 Å². The number of nitrogens with one attached hydrogen (secondary N) is 1. The second-order valence-electron chi connectivity index (χ2n) is 6.54. The van der Waals surface area contributed by atoms with E-state index in [0.717, 1.165) is 56.2 Å². The number of hydrogen-bond acceptors (Lipinski definition) is 4. The molecule has 3 rings (SSSR count). The summed E-state index contributed by atoms with van der Waals surface area (Å²) in [5, 5.41) is 3.67. The summed E-state index contributed by atoms with van der Waals surface area (Å²) < 4.78 is 5.51. The van der Waals surface area contributed by atoms with Crippen molar-refractivity contribution >= 4 is 5.82 Å². The van der Waals surface area contributed by atoms with Crippen LogP contribution in [0.1, 0.15) is 49.3 Å². The molecule has 0 spiro atoms. The molecule has 0 bridgehead atoms. The smallest absolute Gasteiger partial charge is 0.130 e. The molecular formula is C20H27N3O. The van der Waals surface area contributed by atoms with E-state index in [2.05, 4.69) is 58.6 Å². The van der Waals surface area contributed by atoms with Gasteiger partial charge >= 0.3 is 0 Å². The molecule has 1 aliphatic heterocycles. The van der Waals surface area contributed by atoms with Gasteiger partial charge in [0, 0.05) is 25.0 Å². The molecule has 24 heavy (non-hydrogen) atoms. The van der Waals surface area contributed by atoms with Crippen LogP contribution in [-0.4, -0.2) is 23.2 Å². The summed E-state index contributed by atoms with van der Waals surface area (Å²) in [7, 11) is 0. The van der Waals surface area contributed by atoms with Gasteiger partial charge in [-0.3, -0.25) is 0 Å². The Hall–Kier alpha value is -1.94. The third-order valence-electron chi connectivity index (χ3n) is 4.69. The molecule has 1 atom stereocenters. The van der Waals surface area contributed by atoms with Crippen LogP contribution in [-0.2, 0) is 11.2 Å². The highest BCUT2D eigenvalue weighted by Gasteiger charge is 2.21. The third-order valence-corrected chi connectivity index (χ3v) is 4.69. The molecule has 1 saturated heterocycles. The highest BCUT2D eigenvalue weighted by molar-refractivity contribution is 5.40. The number of nitrogens with zero attached hydrogens (tertiary/aromatic N) is 2. The van der Waals surface area contributed by atoms with Gasteiger partial charge in [-0.1, -0.05) is 37.3 Å². The molecule has 4 heteroatoms. The highest BCUT2D eigenvalue weighted by Crippen LogP contribution is 2.30. The van der Waals surface area contributed by atoms with Crippen LogP contribution in [0.4, 0.5) is 5.82 Å². The van der Waals surface area contributed by atoms with Gasteiger partial charge in [-0.15, -0.1) is 0 Å². The molecule has 2 heterocycles. The van der Waals surface area contributed by atoms with Crippen molar-refractivity contribution in [2.75, 3.05) is 18.5 Å². The molecule has 1 aromatic carbocycles. The average molecular weight is 325 g/mol. The normalized spacial score (nSPS) is 16.8. The van der Waals surface area contributed by atoms with Crippen LogP contribution in [0.2, 0.25) is 0 Å². The summed E-state index contributed by atoms with van der Waals surface area (Å²) in [5.74, 6) is 2.46. The average Bonchev–Trinajstić information content (AvgIpc) is 2.62. The van der Waals surface area contributed by atoms with Crippen molar-refractivity contribution in [2.24, 2.45) is 5.92 Å². The maximum Gasteiger partial charge on any atom is 0.130 e. The molecule has 2 aromatic rings. The maximum atomic E-state index is 5.51. The molecule has 1 fully saturated rings. The fraction of sp³-hybridized carbons (Fsp3) is 0.500. The lowest BCUT2D eigenvalue weighted by Gasteiger charge is -2.28. The summed E-state index contributed by atoms with van der Waals surface area (Å²) in [6.45, 7) is 5.86. The maximum absolute atomic E-state index is 5.51. The van der Waals surface area contributed by atoms with Crippen molar-refractivity contribution in [1.29, 1.82) is 0 Å². The molecule has 0 radical (unpaired) electrons. The van der Waals surface area contributed by atoms with Gasteiger partial charge in [0.25, 0.3) is 0 Å². The van der Waals surface area contributed by atoms with Gasteiger partial charge in [0.15, 0.2) is 0 Å². The van der Waals surface area contributed by atoms with E-state index >= 15 is 0 Å². The molecule has 0 amide bonds. The zero-order valence-corrected chi connectivity index (χ0v) is 14.7. The largest absolute Gasteiger partial charge is 0.381 e. The zero-order valence-electron chi connectivity index (χ0n) is 14.7. The fourth-order valence-electron chi connectivity index (χ4n) is 3.34. The van der Waals surface area contributed by atoms with Gasteiger partial charge < -0.3 is 10.1 Å². The predicted molar refractivity (Wildman–Crippen MR) is 97.1 cm³/mol. The lowest BCUT2D eigenvalue weighted by molar-refractivity contribution is 0.0624. The molecule has 1 N–H and O–H groups in total. The number of rotatable bonds is 6. The monoisotopic (exact) mass is 325 g/mol. The van der Waals surface area contributed by atoms with Crippen LogP contribution >= 0.6 is 0 Å². The molecule has 0 aliphatic carbocycles. The summed E-state index contributed by atoms with van der Waals surface area (Å²) in [4.78, 5) is 9.07. The summed E-state index contributed by atoms with van der Waals surface area (Å²) >= 11 is 0. The first-order valence-electron chi connectivity index (χ1n) is 8.98. The number of anilines is 1. The molecule has 1 unspecified atom stereocenters. The van der Waals surface area contributed by atoms with Crippen LogP contribution < -0.4 is 5.32 Å². The SMILES string of the molecule is CCc1cc(NC(CC2CCOCC2)c2ccccc2)nc(C)n1. The summed E-state index contributed by atoms with van der Waals surface area (Å²) in [5.41, 5.74) is 2.40. The summed E-state index contributed by atoms with van der Waals surface area (Å²) in [6.07, 6.45) is 4.33. The summed E-state index contributed by atoms with van der Waals surface area (Å²) in [6, 6.07) is 13.0. The van der Waals surface area contributed by atoms with E-state index in [1.165, 1.54) is 5.56 Å². The topological polar surface area (TPSA) is 47.0 Å². The minimum Gasteiger partial charge on any atom is -0.381 e. The Morgan fingerprint density at radius 2 is 1.92 bits per heavy atom. The Kier molecular flexibility index (Phi) is 5.81. The molecule has 1 aliphatic rings. The minimum absolute atomic E-state index is 0.272. The standard InChI is InChI=1S/C20H27N3O/c1-3-18-14-20(22-15(2)21-18)23-19(17-7-5-4-6-8-17)13-16-9-11-24-12-10-16/h4-8,14,16,19H,3,9-13H2,1-2H3,(H,21,22,23). The highest BCUT2D eigenvalue weighted by atomic mass is 16.5. The molecule has 4 nitrogen and oxygen atoms in total. The third kappa shape index (κ3) is 4.54. The van der Waals surface area contributed by atoms with Crippen molar-refractivity contribution in [3.05, 3.63) is 53.5 Å². The van der Waals surface area contributed by atoms with E-state index in [1.807, 2.05) is 6.92 Å². The lowest BCUT2D eigenvalue weighted by atomic mass is 9.89. The Labute approximate surface area is 144 Å². The number of aromatic nitrogens is 2. The van der Waals surface area contributed by atoms with E-state index in [1.54, 1.807) is 0 Å². The van der Waals surface area contributed by atoms with E-state index in [9.17, 15) is 0 Å². The minimum atomic E-state index is 0.272. The second-order valence-corrected chi connectivity index (χ2v) is 6.54. The first-order chi connectivity index (χ1) is 11.7. The quantitative estimate of drug-likeness (QED) is 0.859. The van der Waals surface area contributed by atoms with Crippen molar-refractivity contribution in [3.63, 3.8) is 0 Å². The van der Waals surface area contributed by atoms with Gasteiger partial charge in [-0.25, -0.2) is 9.97 Å². The van der Waals surface area contributed by atoms with E-state index in [0.29, 0.717) is 5.92 Å². The zero-order chi connectivity index (χ0) is 16.8. The van der Waals surface area contributed by atoms with Crippen LogP contribution in [0.5, 0.6) is 0 Å². The van der Waals surface area contributed by atoms with E-state index < -0.39 is 0 Å². The Balaban J connectivity index is 1.80. The molecule has 1 aromatic heterocycles. The Morgan fingerprint density at radius 3 is 2.62 bits per heavy atom. The van der Waals surface area contributed by atoms with Crippen molar-refractivity contribution in [3.8, 4) is 0 Å². The van der Waals surface area contributed by atoms with E-state index in [4.69, 9.17) is 4.74 Å². The predicted octanol–water partition coefficient (Wildman–Crippen LogP) is 4.32. The van der Waals surface area contributed by atoms with Gasteiger partial charge in [-0.05, 0) is 44.1 Å². The van der Waals surface area contributed by atoms with Gasteiger partial charge in [0.2, 0.25) is 0 Å². The second kappa shape index (κ2) is 8.25. The number of aryl methyl sites for hydroxylation is 2. The van der Waals surface area contributed by atoms with Gasteiger partial charge in [0.05, 0.1) is 6.04 Å². The van der Waals surface area contributed by atoms with E-state index in [-0.39, 0.29) is 6.04 Å². The van der Waals surface area contributed by atoms with Crippen LogP contribution in [0, 0.1) is 12.8 Å². The number of ether oxygens (including phenoxy) is 1. The molecule has 0 saturated carbocycles. The van der Waals surface area contributed by atoms with Gasteiger partial charge in [0.1, 0.15) is 11.6 Å². The first kappa shape index (κ1) is 16.9. The molecular weight excluding hydrogens is 298 g/mol. The Bertz CT molecular complexity index is 639. The van der Waals surface area contributed by atoms with Crippen molar-refractivity contribution in [2.45, 2.75) is 45.6 Å². The van der Waals surface area contributed by atoms with Crippen molar-refractivity contribution < 1.29 is 4.74 Å². The Morgan fingerprint density at radius 1 is 1.17 bits per heavy atom. The number of hydrogen-bond donors (Lipinski definition) is 1. The van der Waals surface area contributed by atoms with Crippen LogP contribution in [0.25, 0.3) is 0 Å². The fourth-order valence-corrected chi connectivity index (χ4v) is 3.34. The van der Waals surface area contributed by atoms with Crippen molar-refractivity contribution in [1.82, 2.24) is 9.97 Å².